The first-order valence-electron chi connectivity index (χ1n) is 26.1. The van der Waals surface area contributed by atoms with Gasteiger partial charge in [0.25, 0.3) is 0 Å². The van der Waals surface area contributed by atoms with Crippen molar-refractivity contribution in [1.29, 1.82) is 0 Å². The van der Waals surface area contributed by atoms with E-state index in [0.29, 0.717) is 53.4 Å². The van der Waals surface area contributed by atoms with Crippen LogP contribution in [0.2, 0.25) is 0 Å². The number of carbonyl (C=O) groups is 3. The molecule has 0 spiro atoms. The molecule has 68 heavy (non-hydrogen) atoms. The fourth-order valence-corrected chi connectivity index (χ4v) is 16.4. The predicted molar refractivity (Wildman–Crippen MR) is 281 cm³/mol. The quantitative estimate of drug-likeness (QED) is 0.102. The van der Waals surface area contributed by atoms with E-state index in [-0.39, 0.29) is 66.7 Å². The molecule has 0 amide bonds. The van der Waals surface area contributed by atoms with Crippen molar-refractivity contribution in [3.8, 4) is 11.5 Å². The molecular weight excluding hydrogens is 885 g/mol. The number of phenols is 1. The van der Waals surface area contributed by atoms with E-state index in [1.165, 1.54) is 6.92 Å². The van der Waals surface area contributed by atoms with E-state index in [2.05, 4.69) is 142 Å². The molecule has 7 nitrogen and oxygen atoms in total. The summed E-state index contributed by atoms with van der Waals surface area (Å²) in [6, 6.07) is 8.85. The Bertz CT molecular complexity index is 2130. The molecule has 10 atom stereocenters. The zero-order valence-corrected chi connectivity index (χ0v) is 47.3. The van der Waals surface area contributed by atoms with Gasteiger partial charge in [-0.2, -0.15) is 0 Å². The normalized spacial score (nSPS) is 29.3. The molecule has 4 aliphatic carbocycles. The summed E-state index contributed by atoms with van der Waals surface area (Å²) >= 11 is 3.66. The third-order valence-electron chi connectivity index (χ3n) is 17.1. The van der Waals surface area contributed by atoms with Crippen LogP contribution in [0.5, 0.6) is 11.5 Å². The molecule has 0 unspecified atom stereocenters. The highest BCUT2D eigenvalue weighted by molar-refractivity contribution is 8.18. The SMILES string of the molecule is CC(=O)O[C@@H]1CC[C@@]2(C)[C@@H](C1)C[C@@H](OC(C)=O)[C@@H]1[C@@H]2CC[C@]2(C)[C@@H]([C@H](C)CCC(=O)Oc3c(C(C)(C)C)cc(SC(C)(C)Sc4cc(C(C)(C)C)c(O)c(C(C)(C)C)c4)cc3C(C)(C)C)CC[C@@H]12. The van der Waals surface area contributed by atoms with Crippen molar-refractivity contribution in [2.24, 2.45) is 46.3 Å². The summed E-state index contributed by atoms with van der Waals surface area (Å²) in [5, 5.41) is 11.4. The smallest absolute Gasteiger partial charge is 0.311 e. The molecule has 0 aromatic heterocycles. The topological polar surface area (TPSA) is 99.1 Å². The lowest BCUT2D eigenvalue weighted by Crippen LogP contribution is -2.59. The summed E-state index contributed by atoms with van der Waals surface area (Å²) < 4.78 is 18.4. The van der Waals surface area contributed by atoms with Crippen LogP contribution < -0.4 is 4.74 Å². The van der Waals surface area contributed by atoms with Gasteiger partial charge < -0.3 is 19.3 Å². The molecule has 4 fully saturated rings. The van der Waals surface area contributed by atoms with Gasteiger partial charge in [-0.05, 0) is 158 Å². The van der Waals surface area contributed by atoms with Crippen LogP contribution in [0.25, 0.3) is 0 Å². The van der Waals surface area contributed by atoms with E-state index in [9.17, 15) is 19.5 Å². The highest BCUT2D eigenvalue weighted by Gasteiger charge is 2.64. The zero-order chi connectivity index (χ0) is 50.9. The first-order valence-corrected chi connectivity index (χ1v) is 27.7. The van der Waals surface area contributed by atoms with Gasteiger partial charge in [-0.3, -0.25) is 14.4 Å². The Kier molecular flexibility index (Phi) is 15.6. The third kappa shape index (κ3) is 11.7. The standard InChI is InChI=1S/C59H90O7S2/c1-34(41-21-22-42-50-43(25-27-59(41,42)19)58(18)26-24-38(64-35(2)60)28-37(58)29-48(50)65-36(3)61)20-23-49(62)66-52-46(55(10,11)12)32-40(33-47(52)56(13,14)15)68-57(16,17)67-39-30-44(53(4,5)6)51(63)45(31-39)54(7,8)9/h30-34,37-38,41-43,48,50,63H,20-29H2,1-19H3/t34-,37+,38-,41-,42+,43+,48-,50+,58+,59-/m1/s1. The maximum absolute atomic E-state index is 14.2. The van der Waals surface area contributed by atoms with Crippen molar-refractivity contribution >= 4 is 41.4 Å². The number of carbonyl (C=O) groups excluding carboxylic acids is 3. The Morgan fingerprint density at radius 1 is 0.662 bits per heavy atom. The number of phenolic OH excluding ortho intramolecular Hbond substituents is 1. The molecule has 6 rings (SSSR count). The lowest BCUT2D eigenvalue weighted by molar-refractivity contribution is -0.197. The van der Waals surface area contributed by atoms with Gasteiger partial charge in [-0.25, -0.2) is 0 Å². The molecule has 0 heterocycles. The van der Waals surface area contributed by atoms with E-state index in [1.54, 1.807) is 6.92 Å². The monoisotopic (exact) mass is 975 g/mol. The summed E-state index contributed by atoms with van der Waals surface area (Å²) in [7, 11) is 0. The zero-order valence-electron chi connectivity index (χ0n) is 45.7. The Morgan fingerprint density at radius 3 is 1.62 bits per heavy atom. The summed E-state index contributed by atoms with van der Waals surface area (Å²) in [5.74, 6) is 2.93. The molecule has 1 N–H and O–H groups in total. The summed E-state index contributed by atoms with van der Waals surface area (Å²) in [6.07, 6.45) is 9.11. The van der Waals surface area contributed by atoms with E-state index in [1.807, 2.05) is 23.5 Å². The molecule has 2 aromatic carbocycles. The van der Waals surface area contributed by atoms with E-state index in [0.717, 1.165) is 89.8 Å². The molecule has 4 aliphatic rings. The second-order valence-corrected chi connectivity index (χ2v) is 30.6. The van der Waals surface area contributed by atoms with Crippen molar-refractivity contribution in [1.82, 2.24) is 0 Å². The Labute approximate surface area is 420 Å². The molecule has 4 saturated carbocycles. The number of ether oxygens (including phenoxy) is 3. The van der Waals surface area contributed by atoms with Gasteiger partial charge in [0.05, 0.1) is 4.08 Å². The second-order valence-electron chi connectivity index (χ2n) is 26.9. The van der Waals surface area contributed by atoms with Crippen LogP contribution in [0, 0.1) is 46.3 Å². The minimum Gasteiger partial charge on any atom is -0.507 e. The van der Waals surface area contributed by atoms with Gasteiger partial charge in [-0.1, -0.05) is 104 Å². The predicted octanol–water partition coefficient (Wildman–Crippen LogP) is 15.7. The molecule has 0 radical (unpaired) electrons. The van der Waals surface area contributed by atoms with E-state index < -0.39 is 0 Å². The van der Waals surface area contributed by atoms with Gasteiger partial charge in [0, 0.05) is 58.2 Å². The number of esters is 3. The molecule has 2 aromatic rings. The van der Waals surface area contributed by atoms with Crippen LogP contribution in [-0.2, 0) is 45.5 Å². The van der Waals surface area contributed by atoms with Crippen molar-refractivity contribution in [2.45, 2.75) is 243 Å². The third-order valence-corrected chi connectivity index (χ3v) is 19.6. The van der Waals surface area contributed by atoms with Crippen LogP contribution in [-0.4, -0.2) is 39.3 Å². The lowest BCUT2D eigenvalue weighted by Gasteiger charge is -2.62. The van der Waals surface area contributed by atoms with Gasteiger partial charge in [-0.15, -0.1) is 23.5 Å². The Hall–Kier alpha value is -2.65. The average Bonchev–Trinajstić information content (AvgIpc) is 3.53. The van der Waals surface area contributed by atoms with Crippen molar-refractivity contribution in [2.75, 3.05) is 0 Å². The van der Waals surface area contributed by atoms with Crippen molar-refractivity contribution in [3.63, 3.8) is 0 Å². The van der Waals surface area contributed by atoms with Gasteiger partial charge in [0.1, 0.15) is 23.7 Å². The lowest BCUT2D eigenvalue weighted by atomic mass is 9.43. The average molecular weight is 975 g/mol. The summed E-state index contributed by atoms with van der Waals surface area (Å²) in [5.41, 5.74) is 3.25. The minimum atomic E-state index is -0.287. The highest BCUT2D eigenvalue weighted by atomic mass is 32.2. The number of hydrogen-bond donors (Lipinski definition) is 1. The van der Waals surface area contributed by atoms with Crippen LogP contribution in [0.3, 0.4) is 0 Å². The number of rotatable bonds is 11. The number of thioether (sulfide) groups is 2. The van der Waals surface area contributed by atoms with Crippen LogP contribution in [0.15, 0.2) is 34.1 Å². The number of aromatic hydroxyl groups is 1. The minimum absolute atomic E-state index is 0.0548. The maximum Gasteiger partial charge on any atom is 0.311 e. The van der Waals surface area contributed by atoms with Crippen molar-refractivity contribution < 1.29 is 33.7 Å². The molecule has 0 saturated heterocycles. The highest BCUT2D eigenvalue weighted by Crippen LogP contribution is 2.69. The summed E-state index contributed by atoms with van der Waals surface area (Å²) in [6.45, 7) is 41.2. The largest absolute Gasteiger partial charge is 0.507 e. The maximum atomic E-state index is 14.2. The molecule has 0 aliphatic heterocycles. The Balaban J connectivity index is 1.19. The molecule has 0 bridgehead atoms. The number of fused-ring (bicyclic) bond motifs is 5. The van der Waals surface area contributed by atoms with Crippen LogP contribution in [0.1, 0.15) is 218 Å². The summed E-state index contributed by atoms with van der Waals surface area (Å²) in [4.78, 5) is 41.1. The molecular formula is C59H90O7S2. The van der Waals surface area contributed by atoms with E-state index in [4.69, 9.17) is 14.2 Å². The second kappa shape index (κ2) is 19.4. The van der Waals surface area contributed by atoms with Gasteiger partial charge >= 0.3 is 17.9 Å². The fraction of sp³-hybridized carbons (Fsp3) is 0.746. The first kappa shape index (κ1) is 54.7. The first-order chi connectivity index (χ1) is 31.0. The van der Waals surface area contributed by atoms with E-state index >= 15 is 0 Å². The van der Waals surface area contributed by atoms with Gasteiger partial charge in [0.15, 0.2) is 0 Å². The van der Waals surface area contributed by atoms with Crippen LogP contribution >= 0.6 is 23.5 Å². The van der Waals surface area contributed by atoms with Crippen molar-refractivity contribution in [3.05, 3.63) is 46.5 Å². The Morgan fingerprint density at radius 2 is 1.13 bits per heavy atom. The fourth-order valence-electron chi connectivity index (χ4n) is 13.8. The number of benzene rings is 2. The van der Waals surface area contributed by atoms with Gasteiger partial charge in [0.2, 0.25) is 0 Å². The molecule has 9 heteroatoms. The van der Waals surface area contributed by atoms with Crippen LogP contribution in [0.4, 0.5) is 0 Å². The number of hydrogen-bond acceptors (Lipinski definition) is 9. The molecule has 380 valence electrons.